The predicted octanol–water partition coefficient (Wildman–Crippen LogP) is 2.85. The summed E-state index contributed by atoms with van der Waals surface area (Å²) >= 11 is 0. The van der Waals surface area contributed by atoms with Crippen LogP contribution in [-0.4, -0.2) is 17.7 Å². The molecular formula is C18H16FN3O3. The monoisotopic (exact) mass is 341 g/mol. The fraction of sp³-hybridized carbons (Fsp3) is 0.167. The summed E-state index contributed by atoms with van der Waals surface area (Å²) in [6.45, 7) is 1.41. The summed E-state index contributed by atoms with van der Waals surface area (Å²) in [5.41, 5.74) is 2.04. The van der Waals surface area contributed by atoms with Crippen molar-refractivity contribution >= 4 is 34.8 Å². The number of hydrogen-bond acceptors (Lipinski definition) is 3. The first-order valence-corrected chi connectivity index (χ1v) is 7.70. The van der Waals surface area contributed by atoms with Crippen LogP contribution in [0.3, 0.4) is 0 Å². The highest BCUT2D eigenvalue weighted by Gasteiger charge is 2.31. The molecule has 0 spiro atoms. The van der Waals surface area contributed by atoms with E-state index in [0.717, 1.165) is 0 Å². The summed E-state index contributed by atoms with van der Waals surface area (Å²) < 4.78 is 13.3. The van der Waals surface area contributed by atoms with Crippen LogP contribution in [0.4, 0.5) is 21.5 Å². The molecule has 1 aliphatic rings. The van der Waals surface area contributed by atoms with Gasteiger partial charge in [0.1, 0.15) is 5.82 Å². The number of carbonyl (C=O) groups is 3. The van der Waals surface area contributed by atoms with Crippen molar-refractivity contribution in [2.24, 2.45) is 0 Å². The van der Waals surface area contributed by atoms with Gasteiger partial charge in [-0.25, -0.2) is 4.39 Å². The highest BCUT2D eigenvalue weighted by Crippen LogP contribution is 2.33. The molecule has 3 N–H and O–H groups in total. The van der Waals surface area contributed by atoms with Gasteiger partial charge in [0.05, 0.1) is 5.92 Å². The van der Waals surface area contributed by atoms with Crippen LogP contribution in [0, 0.1) is 5.82 Å². The molecule has 6 nitrogen and oxygen atoms in total. The van der Waals surface area contributed by atoms with E-state index in [1.807, 2.05) is 0 Å². The Labute approximate surface area is 143 Å². The van der Waals surface area contributed by atoms with E-state index >= 15 is 0 Å². The van der Waals surface area contributed by atoms with Gasteiger partial charge < -0.3 is 16.0 Å². The molecule has 25 heavy (non-hydrogen) atoms. The number of hydrogen-bond donors (Lipinski definition) is 3. The molecule has 7 heteroatoms. The maximum atomic E-state index is 13.3. The van der Waals surface area contributed by atoms with Crippen molar-refractivity contribution in [1.82, 2.24) is 0 Å². The topological polar surface area (TPSA) is 87.3 Å². The van der Waals surface area contributed by atoms with Crippen LogP contribution < -0.4 is 16.0 Å². The molecule has 0 radical (unpaired) electrons. The number of fused-ring (bicyclic) bond motifs is 1. The molecule has 1 aliphatic heterocycles. The van der Waals surface area contributed by atoms with Gasteiger partial charge in [-0.2, -0.15) is 0 Å². The Morgan fingerprint density at radius 2 is 1.72 bits per heavy atom. The largest absolute Gasteiger partial charge is 0.326 e. The van der Waals surface area contributed by atoms with Gasteiger partial charge in [-0.05, 0) is 42.0 Å². The molecule has 128 valence electrons. The zero-order valence-electron chi connectivity index (χ0n) is 13.4. The molecule has 3 rings (SSSR count). The molecule has 0 fully saturated rings. The van der Waals surface area contributed by atoms with Crippen molar-refractivity contribution in [2.75, 3.05) is 16.0 Å². The molecule has 3 amide bonds. The Kier molecular flexibility index (Phi) is 4.47. The minimum absolute atomic E-state index is 0.00551. The maximum Gasteiger partial charge on any atom is 0.232 e. The smallest absolute Gasteiger partial charge is 0.232 e. The molecule has 1 atom stereocenters. The van der Waals surface area contributed by atoms with Crippen LogP contribution in [0.1, 0.15) is 24.8 Å². The summed E-state index contributed by atoms with van der Waals surface area (Å²) in [6.07, 6.45) is -0.00551. The van der Waals surface area contributed by atoms with Crippen LogP contribution >= 0.6 is 0 Å². The third-order valence-corrected chi connectivity index (χ3v) is 3.84. The van der Waals surface area contributed by atoms with Crippen molar-refractivity contribution in [1.29, 1.82) is 0 Å². The third kappa shape index (κ3) is 3.82. The molecule has 2 aromatic rings. The summed E-state index contributed by atoms with van der Waals surface area (Å²) in [7, 11) is 0. The van der Waals surface area contributed by atoms with E-state index in [4.69, 9.17) is 0 Å². The zero-order valence-corrected chi connectivity index (χ0v) is 13.4. The lowest BCUT2D eigenvalue weighted by Crippen LogP contribution is -2.30. The zero-order chi connectivity index (χ0) is 18.0. The molecular weight excluding hydrogens is 325 g/mol. The number of halogens is 1. The second-order valence-corrected chi connectivity index (χ2v) is 5.78. The van der Waals surface area contributed by atoms with Crippen molar-refractivity contribution in [3.05, 3.63) is 53.8 Å². The summed E-state index contributed by atoms with van der Waals surface area (Å²) in [5.74, 6) is -2.05. The Hall–Kier alpha value is -3.22. The maximum absolute atomic E-state index is 13.3. The summed E-state index contributed by atoms with van der Waals surface area (Å²) in [4.78, 5) is 35.4. The molecule has 2 aromatic carbocycles. The standard InChI is InChI=1S/C18H16FN3O3/c1-10(23)20-12-3-5-13(6-4-12)21-18(25)15-9-17(24)22-16-8-11(19)2-7-14(15)16/h2-8,15H,9H2,1H3,(H,20,23)(H,21,25)(H,22,24)/t15-/m0/s1. The highest BCUT2D eigenvalue weighted by atomic mass is 19.1. The molecule has 0 bridgehead atoms. The Balaban J connectivity index is 1.77. The molecule has 0 saturated heterocycles. The Morgan fingerprint density at radius 1 is 1.08 bits per heavy atom. The number of benzene rings is 2. The van der Waals surface area contributed by atoms with E-state index in [-0.39, 0.29) is 24.1 Å². The predicted molar refractivity (Wildman–Crippen MR) is 91.8 cm³/mol. The first kappa shape index (κ1) is 16.6. The van der Waals surface area contributed by atoms with Crippen LogP contribution in [-0.2, 0) is 14.4 Å². The van der Waals surface area contributed by atoms with Gasteiger partial charge in [0.15, 0.2) is 0 Å². The average Bonchev–Trinajstić information content (AvgIpc) is 2.55. The second kappa shape index (κ2) is 6.72. The first-order valence-electron chi connectivity index (χ1n) is 7.70. The molecule has 1 heterocycles. The van der Waals surface area contributed by atoms with E-state index in [1.54, 1.807) is 24.3 Å². The fourth-order valence-corrected chi connectivity index (χ4v) is 2.74. The second-order valence-electron chi connectivity index (χ2n) is 5.78. The third-order valence-electron chi connectivity index (χ3n) is 3.84. The Bertz CT molecular complexity index is 849. The quantitative estimate of drug-likeness (QED) is 0.802. The van der Waals surface area contributed by atoms with Crippen molar-refractivity contribution in [2.45, 2.75) is 19.3 Å². The SMILES string of the molecule is CC(=O)Nc1ccc(NC(=O)[C@H]2CC(=O)Nc3cc(F)ccc32)cc1. The number of carbonyl (C=O) groups excluding carboxylic acids is 3. The Morgan fingerprint density at radius 3 is 2.36 bits per heavy atom. The van der Waals surface area contributed by atoms with E-state index in [9.17, 15) is 18.8 Å². The van der Waals surface area contributed by atoms with Crippen LogP contribution in [0.15, 0.2) is 42.5 Å². The van der Waals surface area contributed by atoms with E-state index in [2.05, 4.69) is 16.0 Å². The minimum atomic E-state index is -0.695. The van der Waals surface area contributed by atoms with Crippen LogP contribution in [0.5, 0.6) is 0 Å². The van der Waals surface area contributed by atoms with Gasteiger partial charge in [0, 0.05) is 30.4 Å². The van der Waals surface area contributed by atoms with E-state index in [1.165, 1.54) is 25.1 Å². The van der Waals surface area contributed by atoms with Gasteiger partial charge in [0.25, 0.3) is 0 Å². The van der Waals surface area contributed by atoms with Gasteiger partial charge in [-0.15, -0.1) is 0 Å². The normalized spacial score (nSPS) is 15.8. The fourth-order valence-electron chi connectivity index (χ4n) is 2.74. The molecule has 0 aliphatic carbocycles. The number of rotatable bonds is 3. The minimum Gasteiger partial charge on any atom is -0.326 e. The van der Waals surface area contributed by atoms with Crippen LogP contribution in [0.25, 0.3) is 0 Å². The average molecular weight is 341 g/mol. The number of anilines is 3. The summed E-state index contributed by atoms with van der Waals surface area (Å²) in [5, 5.41) is 7.95. The number of nitrogens with one attached hydrogen (secondary N) is 3. The van der Waals surface area contributed by atoms with Gasteiger partial charge in [-0.1, -0.05) is 6.07 Å². The number of amides is 3. The van der Waals surface area contributed by atoms with Crippen molar-refractivity contribution < 1.29 is 18.8 Å². The molecule has 0 saturated carbocycles. The van der Waals surface area contributed by atoms with Gasteiger partial charge in [-0.3, -0.25) is 14.4 Å². The van der Waals surface area contributed by atoms with Gasteiger partial charge >= 0.3 is 0 Å². The summed E-state index contributed by atoms with van der Waals surface area (Å²) in [6, 6.07) is 10.6. The lowest BCUT2D eigenvalue weighted by Gasteiger charge is -2.25. The first-order chi connectivity index (χ1) is 11.9. The van der Waals surface area contributed by atoms with Crippen molar-refractivity contribution in [3.63, 3.8) is 0 Å². The molecule has 0 aromatic heterocycles. The molecule has 0 unspecified atom stereocenters. The van der Waals surface area contributed by atoms with Crippen LogP contribution in [0.2, 0.25) is 0 Å². The lowest BCUT2D eigenvalue weighted by atomic mass is 9.89. The van der Waals surface area contributed by atoms with Gasteiger partial charge in [0.2, 0.25) is 17.7 Å². The van der Waals surface area contributed by atoms with Crippen molar-refractivity contribution in [3.8, 4) is 0 Å². The van der Waals surface area contributed by atoms with E-state index < -0.39 is 11.7 Å². The highest BCUT2D eigenvalue weighted by molar-refractivity contribution is 6.05. The van der Waals surface area contributed by atoms with E-state index in [0.29, 0.717) is 22.6 Å². The lowest BCUT2D eigenvalue weighted by molar-refractivity contribution is -0.123.